The average molecular weight is 529 g/mol. The van der Waals surface area contributed by atoms with E-state index < -0.39 is 30.4 Å². The van der Waals surface area contributed by atoms with Gasteiger partial charge in [-0.1, -0.05) is 67.6 Å². The van der Waals surface area contributed by atoms with Gasteiger partial charge in [-0.15, -0.1) is 0 Å². The first-order chi connectivity index (χ1) is 17.3. The lowest BCUT2D eigenvalue weighted by atomic mass is 10.0. The van der Waals surface area contributed by atoms with E-state index in [2.05, 4.69) is 4.98 Å². The summed E-state index contributed by atoms with van der Waals surface area (Å²) in [5.41, 5.74) is 1.45. The molecule has 1 N–H and O–H groups in total. The molecule has 2 saturated heterocycles. The van der Waals surface area contributed by atoms with Gasteiger partial charge in [-0.05, 0) is 42.3 Å². The lowest BCUT2D eigenvalue weighted by molar-refractivity contribution is -0.0204. The SMILES string of the molecule is CC[C@H]1O[C@@H](n2cc(C)c(=O)[nH]c2=O)C[C@@H]1O[P@@]1(=O)O[C@@H](c2ccccc2)C[C@H](c2ccccc2)S1. The van der Waals surface area contributed by atoms with Gasteiger partial charge in [-0.3, -0.25) is 23.4 Å². The van der Waals surface area contributed by atoms with E-state index in [0.29, 0.717) is 24.8 Å². The van der Waals surface area contributed by atoms with Crippen molar-refractivity contribution in [2.45, 2.75) is 62.9 Å². The highest BCUT2D eigenvalue weighted by molar-refractivity contribution is 8.55. The summed E-state index contributed by atoms with van der Waals surface area (Å²) in [6, 6.07) is 19.7. The van der Waals surface area contributed by atoms with Gasteiger partial charge < -0.3 is 4.74 Å². The second-order valence-electron chi connectivity index (χ2n) is 9.09. The van der Waals surface area contributed by atoms with Gasteiger partial charge in [-0.2, -0.15) is 0 Å². The van der Waals surface area contributed by atoms with Crippen molar-refractivity contribution in [1.82, 2.24) is 9.55 Å². The molecule has 3 aromatic rings. The maximum absolute atomic E-state index is 14.2. The number of hydrogen-bond donors (Lipinski definition) is 1. The third kappa shape index (κ3) is 5.31. The molecule has 0 amide bonds. The monoisotopic (exact) mass is 528 g/mol. The molecule has 3 heterocycles. The van der Waals surface area contributed by atoms with E-state index in [1.807, 2.05) is 67.6 Å². The van der Waals surface area contributed by atoms with Crippen molar-refractivity contribution < 1.29 is 18.3 Å². The molecule has 2 aliphatic rings. The Morgan fingerprint density at radius 1 is 1.06 bits per heavy atom. The lowest BCUT2D eigenvalue weighted by Gasteiger charge is -2.36. The summed E-state index contributed by atoms with van der Waals surface area (Å²) in [5, 5.41) is -0.0707. The largest absolute Gasteiger partial charge is 0.390 e. The van der Waals surface area contributed by atoms with Gasteiger partial charge >= 0.3 is 12.5 Å². The Kier molecular flexibility index (Phi) is 7.37. The molecular formula is C26H29N2O6PS. The highest BCUT2D eigenvalue weighted by Crippen LogP contribution is 2.73. The van der Waals surface area contributed by atoms with Crippen molar-refractivity contribution in [2.75, 3.05) is 0 Å². The summed E-state index contributed by atoms with van der Waals surface area (Å²) in [6.07, 6.45) is 1.13. The summed E-state index contributed by atoms with van der Waals surface area (Å²) in [6.45, 7) is -0.0271. The van der Waals surface area contributed by atoms with Gasteiger partial charge in [0, 0.05) is 23.4 Å². The van der Waals surface area contributed by atoms with Crippen LogP contribution in [0.25, 0.3) is 0 Å². The quantitative estimate of drug-likeness (QED) is 0.412. The van der Waals surface area contributed by atoms with Gasteiger partial charge in [0.25, 0.3) is 5.56 Å². The molecule has 2 fully saturated rings. The molecule has 5 rings (SSSR count). The number of H-pyrrole nitrogens is 1. The average Bonchev–Trinajstić information content (AvgIpc) is 3.28. The lowest BCUT2D eigenvalue weighted by Crippen LogP contribution is -2.33. The summed E-state index contributed by atoms with van der Waals surface area (Å²) < 4.78 is 34.1. The van der Waals surface area contributed by atoms with Crippen molar-refractivity contribution in [3.8, 4) is 0 Å². The minimum Gasteiger partial charge on any atom is -0.352 e. The maximum atomic E-state index is 14.2. The van der Waals surface area contributed by atoms with E-state index in [1.165, 1.54) is 22.1 Å². The molecular weight excluding hydrogens is 499 g/mol. The van der Waals surface area contributed by atoms with Gasteiger partial charge in [0.05, 0.1) is 18.3 Å². The van der Waals surface area contributed by atoms with Crippen LogP contribution in [0.3, 0.4) is 0 Å². The minimum atomic E-state index is -3.61. The standard InChI is InChI=1S/C26H29N2O6PS/c1-3-20-22(15-24(32-20)28-16-17(2)25(29)27-26(28)30)34-35(31)33-21(18-10-6-4-7-11-18)14-23(36-35)19-12-8-5-9-13-19/h4-13,16,20-24H,3,14-15H2,1-2H3,(H,27,29,30)/t20-,21-,22+,23-,24-,35-/m1/s1. The molecule has 10 heteroatoms. The zero-order valence-electron chi connectivity index (χ0n) is 20.1. The van der Waals surface area contributed by atoms with Crippen molar-refractivity contribution in [1.29, 1.82) is 0 Å². The van der Waals surface area contributed by atoms with Gasteiger partial charge in [-0.25, -0.2) is 9.36 Å². The Bertz CT molecular complexity index is 1310. The molecule has 2 aromatic carbocycles. The highest BCUT2D eigenvalue weighted by Gasteiger charge is 2.46. The number of benzene rings is 2. The third-order valence-corrected chi connectivity index (χ3v) is 10.7. The van der Waals surface area contributed by atoms with Crippen LogP contribution >= 0.6 is 18.2 Å². The van der Waals surface area contributed by atoms with Gasteiger partial charge in [0.15, 0.2) is 0 Å². The molecule has 190 valence electrons. The molecule has 0 bridgehead atoms. The van der Waals surface area contributed by atoms with Crippen LogP contribution in [0.1, 0.15) is 60.5 Å². The fraction of sp³-hybridized carbons (Fsp3) is 0.385. The minimum absolute atomic E-state index is 0.0707. The van der Waals surface area contributed by atoms with Crippen LogP contribution in [0.15, 0.2) is 76.4 Å². The number of rotatable bonds is 6. The summed E-state index contributed by atoms with van der Waals surface area (Å²) >= 11 is 1.23. The van der Waals surface area contributed by atoms with Crippen LogP contribution in [0.2, 0.25) is 0 Å². The van der Waals surface area contributed by atoms with Crippen molar-refractivity contribution >= 4 is 18.2 Å². The Morgan fingerprint density at radius 3 is 2.39 bits per heavy atom. The first-order valence-corrected chi connectivity index (χ1v) is 15.1. The molecule has 0 spiro atoms. The second-order valence-corrected chi connectivity index (χ2v) is 13.2. The van der Waals surface area contributed by atoms with Crippen LogP contribution in [0.4, 0.5) is 0 Å². The maximum Gasteiger partial charge on any atom is 0.390 e. The second kappa shape index (κ2) is 10.5. The molecule has 8 nitrogen and oxygen atoms in total. The fourth-order valence-corrected chi connectivity index (χ4v) is 9.28. The van der Waals surface area contributed by atoms with Crippen LogP contribution < -0.4 is 11.2 Å². The van der Waals surface area contributed by atoms with Gasteiger partial charge in [0.2, 0.25) is 0 Å². The van der Waals surface area contributed by atoms with Crippen LogP contribution in [0, 0.1) is 6.92 Å². The van der Waals surface area contributed by atoms with Crippen LogP contribution in [-0.4, -0.2) is 21.8 Å². The zero-order valence-corrected chi connectivity index (χ0v) is 21.8. The summed E-state index contributed by atoms with van der Waals surface area (Å²) in [4.78, 5) is 26.6. The van der Waals surface area contributed by atoms with E-state index in [0.717, 1.165) is 11.1 Å². The predicted octanol–water partition coefficient (Wildman–Crippen LogP) is 5.67. The summed E-state index contributed by atoms with van der Waals surface area (Å²) in [5.74, 6) is 0. The molecule has 36 heavy (non-hydrogen) atoms. The Morgan fingerprint density at radius 2 is 1.72 bits per heavy atom. The number of hydrogen-bond acceptors (Lipinski definition) is 7. The first kappa shape index (κ1) is 25.2. The number of aromatic nitrogens is 2. The van der Waals surface area contributed by atoms with E-state index in [9.17, 15) is 14.2 Å². The molecule has 0 aliphatic carbocycles. The third-order valence-electron chi connectivity index (χ3n) is 6.59. The molecule has 1 aromatic heterocycles. The molecule has 0 unspecified atom stereocenters. The number of aromatic amines is 1. The Hall–Kier alpha value is -2.42. The number of nitrogens with zero attached hydrogens (tertiary/aromatic N) is 1. The fourth-order valence-electron chi connectivity index (χ4n) is 4.71. The Balaban J connectivity index is 1.41. The van der Waals surface area contributed by atoms with E-state index >= 15 is 0 Å². The van der Waals surface area contributed by atoms with Crippen molar-refractivity contribution in [3.63, 3.8) is 0 Å². The predicted molar refractivity (Wildman–Crippen MR) is 139 cm³/mol. The zero-order chi connectivity index (χ0) is 25.3. The van der Waals surface area contributed by atoms with E-state index in [4.69, 9.17) is 13.8 Å². The van der Waals surface area contributed by atoms with Crippen LogP contribution in [0.5, 0.6) is 0 Å². The number of nitrogens with one attached hydrogen (secondary N) is 1. The molecule has 0 saturated carbocycles. The molecule has 0 radical (unpaired) electrons. The smallest absolute Gasteiger partial charge is 0.352 e. The first-order valence-electron chi connectivity index (χ1n) is 12.1. The van der Waals surface area contributed by atoms with E-state index in [1.54, 1.807) is 6.92 Å². The van der Waals surface area contributed by atoms with Crippen molar-refractivity contribution in [3.05, 3.63) is 104 Å². The van der Waals surface area contributed by atoms with Crippen LogP contribution in [-0.2, 0) is 18.3 Å². The number of ether oxygens (including phenoxy) is 1. The normalized spacial score (nSPS) is 30.3. The Labute approximate surface area is 213 Å². The topological polar surface area (TPSA) is 99.6 Å². The summed E-state index contributed by atoms with van der Waals surface area (Å²) in [7, 11) is 0. The highest BCUT2D eigenvalue weighted by atomic mass is 32.7. The molecule has 2 aliphatic heterocycles. The van der Waals surface area contributed by atoms with E-state index in [-0.39, 0.29) is 17.5 Å². The van der Waals surface area contributed by atoms with Crippen molar-refractivity contribution in [2.24, 2.45) is 0 Å². The molecule has 6 atom stereocenters. The number of aryl methyl sites for hydroxylation is 1. The van der Waals surface area contributed by atoms with Gasteiger partial charge in [0.1, 0.15) is 6.23 Å².